The zero-order valence-corrected chi connectivity index (χ0v) is 52.3. The molecule has 0 aliphatic carbocycles. The van der Waals surface area contributed by atoms with E-state index in [0.29, 0.717) is 5.46 Å². The predicted octanol–water partition coefficient (Wildman–Crippen LogP) is 23.2. The van der Waals surface area contributed by atoms with Gasteiger partial charge in [-0.25, -0.2) is 0 Å². The van der Waals surface area contributed by atoms with E-state index >= 15 is 0 Å². The molecular formula is C88H58BIO2. The summed E-state index contributed by atoms with van der Waals surface area (Å²) in [5, 5.41) is 44.6. The van der Waals surface area contributed by atoms with Crippen LogP contribution in [-0.4, -0.2) is 17.2 Å². The maximum Gasteiger partial charge on any atom is 0.489 e. The van der Waals surface area contributed by atoms with Crippen LogP contribution < -0.4 is 5.46 Å². The molecule has 0 saturated heterocycles. The van der Waals surface area contributed by atoms with Crippen LogP contribution in [0.4, 0.5) is 0 Å². The highest BCUT2D eigenvalue weighted by Gasteiger charge is 2.23. The van der Waals surface area contributed by atoms with Gasteiger partial charge in [-0.2, -0.15) is 0 Å². The molecule has 0 spiro atoms. The summed E-state index contributed by atoms with van der Waals surface area (Å²) in [4.78, 5) is 0. The van der Waals surface area contributed by atoms with Crippen molar-refractivity contribution < 1.29 is 10.0 Å². The summed E-state index contributed by atoms with van der Waals surface area (Å²) in [5.41, 5.74) is 12.8. The molecule has 0 bridgehead atoms. The molecule has 0 saturated carbocycles. The van der Waals surface area contributed by atoms with E-state index in [4.69, 9.17) is 0 Å². The monoisotopic (exact) mass is 1280 g/mol. The first-order chi connectivity index (χ1) is 45.4. The van der Waals surface area contributed by atoms with Crippen LogP contribution in [0.5, 0.6) is 0 Å². The SMILES string of the molecule is Ic1ccc2c(ccc3ccccc32)c1.OB(O)c1c2ccccc2c(-c2ccc3cc(-c4ccccc4)ccc3c2)c2ccccc12.c1ccc(-c2ccc3cc(-c4c5ccccc5c(-c5ccc6c(ccc7ccccc76)c5)c5ccccc45)ccc3c2)cc1. The molecule has 0 atom stereocenters. The van der Waals surface area contributed by atoms with Crippen LogP contribution in [0.1, 0.15) is 0 Å². The molecule has 18 aromatic rings. The molecule has 18 aromatic carbocycles. The van der Waals surface area contributed by atoms with Gasteiger partial charge in [-0.15, -0.1) is 0 Å². The maximum atomic E-state index is 10.2. The van der Waals surface area contributed by atoms with Gasteiger partial charge in [0.2, 0.25) is 0 Å². The quantitative estimate of drug-likeness (QED) is 0.0754. The lowest BCUT2D eigenvalue weighted by molar-refractivity contribution is 0.426. The van der Waals surface area contributed by atoms with E-state index < -0.39 is 7.12 Å². The fourth-order valence-corrected chi connectivity index (χ4v) is 14.6. The van der Waals surface area contributed by atoms with Gasteiger partial charge in [0, 0.05) is 3.57 Å². The Morgan fingerprint density at radius 2 is 0.446 bits per heavy atom. The van der Waals surface area contributed by atoms with E-state index in [-0.39, 0.29) is 0 Å². The second-order valence-corrected chi connectivity index (χ2v) is 25.0. The van der Waals surface area contributed by atoms with E-state index in [1.54, 1.807) is 0 Å². The van der Waals surface area contributed by atoms with Gasteiger partial charge in [0.05, 0.1) is 0 Å². The summed E-state index contributed by atoms with van der Waals surface area (Å²) in [6.45, 7) is 0. The van der Waals surface area contributed by atoms with E-state index in [0.717, 1.165) is 32.7 Å². The van der Waals surface area contributed by atoms with Crippen molar-refractivity contribution >= 4 is 143 Å². The summed E-state index contributed by atoms with van der Waals surface area (Å²) >= 11 is 2.35. The molecule has 0 unspecified atom stereocenters. The Bertz CT molecular complexity index is 5770. The lowest BCUT2D eigenvalue weighted by atomic mass is 9.72. The first kappa shape index (κ1) is 56.5. The first-order valence-corrected chi connectivity index (χ1v) is 32.4. The normalized spacial score (nSPS) is 11.4. The average molecular weight is 1290 g/mol. The Labute approximate surface area is 547 Å². The minimum Gasteiger partial charge on any atom is -0.423 e. The minimum atomic E-state index is -1.54. The number of fused-ring (bicyclic) bond motifs is 12. The van der Waals surface area contributed by atoms with Gasteiger partial charge in [0.25, 0.3) is 0 Å². The molecule has 0 heterocycles. The van der Waals surface area contributed by atoms with Crippen LogP contribution in [0.15, 0.2) is 340 Å². The van der Waals surface area contributed by atoms with Crippen LogP contribution in [0.25, 0.3) is 163 Å². The number of benzene rings is 18. The molecule has 0 aliphatic heterocycles. The van der Waals surface area contributed by atoms with Gasteiger partial charge in [-0.05, 0) is 234 Å². The van der Waals surface area contributed by atoms with Crippen molar-refractivity contribution in [3.8, 4) is 55.6 Å². The van der Waals surface area contributed by atoms with E-state index in [2.05, 4.69) is 320 Å². The topological polar surface area (TPSA) is 40.5 Å². The highest BCUT2D eigenvalue weighted by atomic mass is 127. The standard InChI is InChI=1S/C44H28.C30H21BO2.C14H9I/c1-2-10-29(11-3-1)31-19-20-33-27-35(23-21-32(33)26-31)43-39-14-6-8-16-41(39)44(42-17-9-7-15-40(42)43)36-24-25-38-34(28-36)22-18-30-12-4-5-13-37(30)38;32-31(33)30-27-12-6-4-10-25(27)29(26-11-5-7-13-28(26)30)24-17-16-22-18-21(14-15-23(22)19-24)20-8-2-1-3-9-20;15-12-7-8-14-11(9-12)6-5-10-3-1-2-4-13(10)14/h1-28H;1-19,32-33H;1-9H. The number of hydrogen-bond donors (Lipinski definition) is 2. The van der Waals surface area contributed by atoms with Crippen molar-refractivity contribution in [2.75, 3.05) is 0 Å². The molecule has 18 rings (SSSR count). The fourth-order valence-electron chi connectivity index (χ4n) is 14.1. The Balaban J connectivity index is 0.000000123. The lowest BCUT2D eigenvalue weighted by Gasteiger charge is -2.18. The maximum absolute atomic E-state index is 10.2. The average Bonchev–Trinajstić information content (AvgIpc) is 0.746. The van der Waals surface area contributed by atoms with Crippen LogP contribution in [0, 0.1) is 3.57 Å². The molecule has 0 radical (unpaired) electrons. The molecule has 0 aliphatic rings. The molecule has 92 heavy (non-hydrogen) atoms. The fraction of sp³-hybridized carbons (Fsp3) is 0. The highest BCUT2D eigenvalue weighted by molar-refractivity contribution is 14.1. The third-order valence-corrected chi connectivity index (χ3v) is 19.0. The molecule has 4 heteroatoms. The Morgan fingerprint density at radius 1 is 0.185 bits per heavy atom. The largest absolute Gasteiger partial charge is 0.489 e. The van der Waals surface area contributed by atoms with Gasteiger partial charge < -0.3 is 10.0 Å². The van der Waals surface area contributed by atoms with E-state index in [1.165, 1.54) is 134 Å². The van der Waals surface area contributed by atoms with Gasteiger partial charge in [0.15, 0.2) is 0 Å². The Kier molecular flexibility index (Phi) is 14.9. The molecular weight excluding hydrogens is 1230 g/mol. The van der Waals surface area contributed by atoms with E-state index in [1.807, 2.05) is 42.5 Å². The minimum absolute atomic E-state index is 0.554. The summed E-state index contributed by atoms with van der Waals surface area (Å²) < 4.78 is 1.29. The van der Waals surface area contributed by atoms with Gasteiger partial charge in [-0.1, -0.05) is 297 Å². The summed E-state index contributed by atoms with van der Waals surface area (Å²) in [7, 11) is -1.54. The second kappa shape index (κ2) is 24.2. The lowest BCUT2D eigenvalue weighted by Crippen LogP contribution is -2.31. The van der Waals surface area contributed by atoms with Crippen LogP contribution in [0.3, 0.4) is 0 Å². The van der Waals surface area contributed by atoms with Crippen molar-refractivity contribution in [2.24, 2.45) is 0 Å². The molecule has 0 amide bonds. The van der Waals surface area contributed by atoms with Crippen molar-refractivity contribution in [2.45, 2.75) is 0 Å². The van der Waals surface area contributed by atoms with Gasteiger partial charge in [0.1, 0.15) is 0 Å². The number of hydrogen-bond acceptors (Lipinski definition) is 2. The van der Waals surface area contributed by atoms with Crippen molar-refractivity contribution in [1.82, 2.24) is 0 Å². The van der Waals surface area contributed by atoms with E-state index in [9.17, 15) is 10.0 Å². The highest BCUT2D eigenvalue weighted by Crippen LogP contribution is 2.46. The second-order valence-electron chi connectivity index (χ2n) is 23.8. The number of halogens is 1. The van der Waals surface area contributed by atoms with Crippen molar-refractivity contribution in [3.05, 3.63) is 343 Å². The zero-order chi connectivity index (χ0) is 61.7. The molecule has 0 fully saturated rings. The van der Waals surface area contributed by atoms with Crippen molar-refractivity contribution in [1.29, 1.82) is 0 Å². The summed E-state index contributed by atoms with van der Waals surface area (Å²) in [6, 6.07) is 121. The first-order valence-electron chi connectivity index (χ1n) is 31.3. The Morgan fingerprint density at radius 3 is 0.848 bits per heavy atom. The van der Waals surface area contributed by atoms with Gasteiger partial charge >= 0.3 is 7.12 Å². The molecule has 2 nitrogen and oxygen atoms in total. The molecule has 2 N–H and O–H groups in total. The summed E-state index contributed by atoms with van der Waals surface area (Å²) in [5.74, 6) is 0. The third-order valence-electron chi connectivity index (χ3n) is 18.4. The zero-order valence-electron chi connectivity index (χ0n) is 50.2. The number of rotatable bonds is 6. The Hall–Kier alpha value is -10.7. The molecule has 432 valence electrons. The predicted molar refractivity (Wildman–Crippen MR) is 404 cm³/mol. The third kappa shape index (κ3) is 10.5. The van der Waals surface area contributed by atoms with Crippen LogP contribution in [0.2, 0.25) is 0 Å². The van der Waals surface area contributed by atoms with Crippen LogP contribution >= 0.6 is 22.6 Å². The van der Waals surface area contributed by atoms with Crippen molar-refractivity contribution in [3.63, 3.8) is 0 Å². The van der Waals surface area contributed by atoms with Gasteiger partial charge in [-0.3, -0.25) is 0 Å². The molecule has 0 aromatic heterocycles. The smallest absolute Gasteiger partial charge is 0.423 e. The van der Waals surface area contributed by atoms with Crippen LogP contribution in [-0.2, 0) is 0 Å². The summed E-state index contributed by atoms with van der Waals surface area (Å²) in [6.07, 6.45) is 0.